The molecule has 1 heterocycles. The highest BCUT2D eigenvalue weighted by Gasteiger charge is 2.45. The first-order valence-corrected chi connectivity index (χ1v) is 6.71. The molecule has 94 valence electrons. The van der Waals surface area contributed by atoms with Crippen LogP contribution in [0.25, 0.3) is 0 Å². The van der Waals surface area contributed by atoms with Crippen LogP contribution in [0.5, 0.6) is 0 Å². The third-order valence-corrected chi connectivity index (χ3v) is 4.13. The molecule has 0 aromatic rings. The summed E-state index contributed by atoms with van der Waals surface area (Å²) in [7, 11) is 1.83. The van der Waals surface area contributed by atoms with Gasteiger partial charge in [0.2, 0.25) is 0 Å². The summed E-state index contributed by atoms with van der Waals surface area (Å²) < 4.78 is 11.8. The lowest BCUT2D eigenvalue weighted by molar-refractivity contribution is -0.180. The van der Waals surface area contributed by atoms with Gasteiger partial charge in [0.25, 0.3) is 0 Å². The third-order valence-electron chi connectivity index (χ3n) is 4.13. The molecule has 0 bridgehead atoms. The van der Waals surface area contributed by atoms with Crippen LogP contribution in [0.1, 0.15) is 45.4 Å². The second kappa shape index (κ2) is 5.48. The van der Waals surface area contributed by atoms with Gasteiger partial charge in [-0.05, 0) is 32.2 Å². The van der Waals surface area contributed by atoms with Gasteiger partial charge in [-0.15, -0.1) is 0 Å². The Balaban J connectivity index is 2.03. The maximum absolute atomic E-state index is 6.12. The Kier molecular flexibility index (Phi) is 4.22. The third kappa shape index (κ3) is 2.41. The van der Waals surface area contributed by atoms with Crippen LogP contribution in [0.4, 0.5) is 0 Å². The quantitative estimate of drug-likeness (QED) is 0.801. The van der Waals surface area contributed by atoms with E-state index in [-0.39, 0.29) is 5.60 Å². The van der Waals surface area contributed by atoms with Crippen LogP contribution in [0.2, 0.25) is 0 Å². The van der Waals surface area contributed by atoms with Crippen LogP contribution < -0.4 is 5.32 Å². The summed E-state index contributed by atoms with van der Waals surface area (Å²) in [4.78, 5) is 0. The van der Waals surface area contributed by atoms with Gasteiger partial charge in [-0.25, -0.2) is 0 Å². The molecular formula is C13H25NO2. The molecule has 2 aliphatic rings. The molecule has 0 aromatic heterocycles. The van der Waals surface area contributed by atoms with Crippen molar-refractivity contribution in [1.29, 1.82) is 0 Å². The highest BCUT2D eigenvalue weighted by molar-refractivity contribution is 4.98. The monoisotopic (exact) mass is 227 g/mol. The topological polar surface area (TPSA) is 30.5 Å². The fraction of sp³-hybridized carbons (Fsp3) is 1.00. The Bertz CT molecular complexity index is 216. The highest BCUT2D eigenvalue weighted by atomic mass is 16.5. The van der Waals surface area contributed by atoms with Gasteiger partial charge >= 0.3 is 0 Å². The predicted molar refractivity (Wildman–Crippen MR) is 64.6 cm³/mol. The van der Waals surface area contributed by atoms with E-state index in [0.29, 0.717) is 12.1 Å². The molecule has 1 aliphatic heterocycles. The van der Waals surface area contributed by atoms with Gasteiger partial charge in [0.05, 0.1) is 11.7 Å². The average molecular weight is 227 g/mol. The second-order valence-electron chi connectivity index (χ2n) is 5.13. The number of hydrogen-bond donors (Lipinski definition) is 1. The SMILES string of the molecule is CCNC1CCOC2(CCCCC2OC)C1. The van der Waals surface area contributed by atoms with Crippen LogP contribution in [0.15, 0.2) is 0 Å². The molecule has 3 unspecified atom stereocenters. The molecule has 1 spiro atoms. The minimum absolute atomic E-state index is 0.0120. The lowest BCUT2D eigenvalue weighted by Gasteiger charge is -2.48. The normalized spacial score (nSPS) is 40.1. The van der Waals surface area contributed by atoms with Crippen molar-refractivity contribution in [1.82, 2.24) is 5.32 Å². The summed E-state index contributed by atoms with van der Waals surface area (Å²) in [5.41, 5.74) is 0.0120. The molecule has 2 fully saturated rings. The van der Waals surface area contributed by atoms with Gasteiger partial charge in [-0.1, -0.05) is 19.8 Å². The molecule has 2 rings (SSSR count). The Morgan fingerprint density at radius 2 is 2.25 bits per heavy atom. The van der Waals surface area contributed by atoms with E-state index in [4.69, 9.17) is 9.47 Å². The van der Waals surface area contributed by atoms with E-state index in [0.717, 1.165) is 32.4 Å². The maximum atomic E-state index is 6.12. The summed E-state index contributed by atoms with van der Waals surface area (Å²) in [5.74, 6) is 0. The molecule has 1 saturated carbocycles. The minimum atomic E-state index is 0.0120. The number of nitrogens with one attached hydrogen (secondary N) is 1. The molecule has 1 aliphatic carbocycles. The van der Waals surface area contributed by atoms with E-state index in [1.54, 1.807) is 0 Å². The number of methoxy groups -OCH3 is 1. The van der Waals surface area contributed by atoms with E-state index in [1.807, 2.05) is 7.11 Å². The molecular weight excluding hydrogens is 202 g/mol. The molecule has 0 aromatic carbocycles. The molecule has 3 heteroatoms. The molecule has 1 saturated heterocycles. The van der Waals surface area contributed by atoms with Gasteiger partial charge < -0.3 is 14.8 Å². The predicted octanol–water partition coefficient (Wildman–Crippen LogP) is 2.10. The van der Waals surface area contributed by atoms with Gasteiger partial charge in [0.15, 0.2) is 0 Å². The van der Waals surface area contributed by atoms with E-state index in [1.165, 1.54) is 19.3 Å². The molecule has 0 amide bonds. The zero-order valence-electron chi connectivity index (χ0n) is 10.6. The van der Waals surface area contributed by atoms with Crippen LogP contribution in [-0.2, 0) is 9.47 Å². The van der Waals surface area contributed by atoms with Gasteiger partial charge in [-0.2, -0.15) is 0 Å². The zero-order chi connectivity index (χ0) is 11.4. The summed E-state index contributed by atoms with van der Waals surface area (Å²) in [6, 6.07) is 0.620. The van der Waals surface area contributed by atoms with Gasteiger partial charge in [0.1, 0.15) is 0 Å². The van der Waals surface area contributed by atoms with Gasteiger partial charge in [-0.3, -0.25) is 0 Å². The Labute approximate surface area is 98.9 Å². The zero-order valence-corrected chi connectivity index (χ0v) is 10.6. The van der Waals surface area contributed by atoms with E-state index >= 15 is 0 Å². The van der Waals surface area contributed by atoms with Crippen molar-refractivity contribution in [3.63, 3.8) is 0 Å². The van der Waals surface area contributed by atoms with Crippen LogP contribution in [0, 0.1) is 0 Å². The average Bonchev–Trinajstić information content (AvgIpc) is 2.30. The summed E-state index contributed by atoms with van der Waals surface area (Å²) in [5, 5.41) is 3.57. The van der Waals surface area contributed by atoms with E-state index < -0.39 is 0 Å². The van der Waals surface area contributed by atoms with Crippen LogP contribution >= 0.6 is 0 Å². The highest BCUT2D eigenvalue weighted by Crippen LogP contribution is 2.40. The van der Waals surface area contributed by atoms with Crippen molar-refractivity contribution in [3.8, 4) is 0 Å². The van der Waals surface area contributed by atoms with Crippen LogP contribution in [-0.4, -0.2) is 38.0 Å². The first-order valence-electron chi connectivity index (χ1n) is 6.71. The fourth-order valence-corrected chi connectivity index (χ4v) is 3.35. The molecule has 3 nitrogen and oxygen atoms in total. The van der Waals surface area contributed by atoms with Gasteiger partial charge in [0, 0.05) is 19.8 Å². The van der Waals surface area contributed by atoms with Crippen molar-refractivity contribution in [2.75, 3.05) is 20.3 Å². The first-order chi connectivity index (χ1) is 7.80. The van der Waals surface area contributed by atoms with Crippen molar-refractivity contribution in [2.45, 2.75) is 63.2 Å². The van der Waals surface area contributed by atoms with Crippen molar-refractivity contribution >= 4 is 0 Å². The van der Waals surface area contributed by atoms with Crippen LogP contribution in [0.3, 0.4) is 0 Å². The summed E-state index contributed by atoms with van der Waals surface area (Å²) >= 11 is 0. The summed E-state index contributed by atoms with van der Waals surface area (Å²) in [6.07, 6.45) is 7.49. The van der Waals surface area contributed by atoms with Crippen molar-refractivity contribution in [2.24, 2.45) is 0 Å². The van der Waals surface area contributed by atoms with E-state index in [9.17, 15) is 0 Å². The first kappa shape index (κ1) is 12.3. The Morgan fingerprint density at radius 1 is 1.38 bits per heavy atom. The van der Waals surface area contributed by atoms with Crippen molar-refractivity contribution < 1.29 is 9.47 Å². The molecule has 3 atom stereocenters. The molecule has 1 N–H and O–H groups in total. The summed E-state index contributed by atoms with van der Waals surface area (Å²) in [6.45, 7) is 4.12. The number of rotatable bonds is 3. The number of hydrogen-bond acceptors (Lipinski definition) is 3. The number of ether oxygens (including phenoxy) is 2. The minimum Gasteiger partial charge on any atom is -0.378 e. The lowest BCUT2D eigenvalue weighted by atomic mass is 9.76. The fourth-order valence-electron chi connectivity index (χ4n) is 3.35. The maximum Gasteiger partial charge on any atom is 0.0957 e. The van der Waals surface area contributed by atoms with E-state index in [2.05, 4.69) is 12.2 Å². The Hall–Kier alpha value is -0.120. The lowest BCUT2D eigenvalue weighted by Crippen LogP contribution is -2.55. The molecule has 0 radical (unpaired) electrons. The largest absolute Gasteiger partial charge is 0.378 e. The second-order valence-corrected chi connectivity index (χ2v) is 5.13. The molecule has 16 heavy (non-hydrogen) atoms. The standard InChI is InChI=1S/C13H25NO2/c1-3-14-11-7-9-16-13(10-11)8-5-4-6-12(13)15-2/h11-12,14H,3-10H2,1-2H3. The van der Waals surface area contributed by atoms with Crippen molar-refractivity contribution in [3.05, 3.63) is 0 Å². The Morgan fingerprint density at radius 3 is 3.00 bits per heavy atom. The smallest absolute Gasteiger partial charge is 0.0957 e.